The maximum absolute atomic E-state index is 12.4. The van der Waals surface area contributed by atoms with Crippen molar-refractivity contribution in [3.63, 3.8) is 0 Å². The standard InChI is InChI=1S/C22H30N2O2S/c1-18-9-11-24(12-10-18)16-21-7-4-6-20(14-21)15-23-27(25,26)17-22-8-3-5-19(2)13-22/h3-8,13-14,18,23H,9-12,15-17H2,1-2H3. The van der Waals surface area contributed by atoms with Crippen molar-refractivity contribution in [1.82, 2.24) is 9.62 Å². The fraction of sp³-hybridized carbons (Fsp3) is 0.455. The second-order valence-electron chi connectivity index (χ2n) is 7.85. The van der Waals surface area contributed by atoms with E-state index in [2.05, 4.69) is 28.7 Å². The molecular formula is C22H30N2O2S. The predicted octanol–water partition coefficient (Wildman–Crippen LogP) is 3.85. The van der Waals surface area contributed by atoms with Gasteiger partial charge in [0.25, 0.3) is 0 Å². The number of nitrogens with one attached hydrogen (secondary N) is 1. The van der Waals surface area contributed by atoms with Crippen LogP contribution in [0.3, 0.4) is 0 Å². The summed E-state index contributed by atoms with van der Waals surface area (Å²) in [5.41, 5.74) is 4.14. The monoisotopic (exact) mass is 386 g/mol. The molecule has 0 aliphatic carbocycles. The first-order valence-corrected chi connectivity index (χ1v) is 11.4. The van der Waals surface area contributed by atoms with Crippen LogP contribution in [0.15, 0.2) is 48.5 Å². The Morgan fingerprint density at radius 1 is 1.00 bits per heavy atom. The smallest absolute Gasteiger partial charge is 0.216 e. The summed E-state index contributed by atoms with van der Waals surface area (Å²) in [6.45, 7) is 7.86. The van der Waals surface area contributed by atoms with E-state index in [9.17, 15) is 8.42 Å². The minimum Gasteiger partial charge on any atom is -0.299 e. The van der Waals surface area contributed by atoms with E-state index in [1.807, 2.05) is 43.3 Å². The molecule has 5 heteroatoms. The molecule has 2 aromatic carbocycles. The number of hydrogen-bond acceptors (Lipinski definition) is 3. The van der Waals surface area contributed by atoms with Crippen LogP contribution in [0.25, 0.3) is 0 Å². The Labute approximate surface area is 163 Å². The molecule has 0 atom stereocenters. The fourth-order valence-corrected chi connectivity index (χ4v) is 4.69. The van der Waals surface area contributed by atoms with Gasteiger partial charge in [0.1, 0.15) is 0 Å². The number of piperidine rings is 1. The van der Waals surface area contributed by atoms with Gasteiger partial charge in [-0.15, -0.1) is 0 Å². The second-order valence-corrected chi connectivity index (χ2v) is 9.65. The highest BCUT2D eigenvalue weighted by atomic mass is 32.2. The molecule has 1 aliphatic heterocycles. The summed E-state index contributed by atoms with van der Waals surface area (Å²) >= 11 is 0. The zero-order chi connectivity index (χ0) is 19.3. The Bertz CT molecular complexity index is 856. The Morgan fingerprint density at radius 3 is 2.41 bits per heavy atom. The summed E-state index contributed by atoms with van der Waals surface area (Å²) in [5.74, 6) is 0.843. The minimum absolute atomic E-state index is 0.0142. The Kier molecular flexibility index (Phi) is 6.68. The number of benzene rings is 2. The van der Waals surface area contributed by atoms with Crippen LogP contribution in [-0.2, 0) is 28.9 Å². The molecular weight excluding hydrogens is 356 g/mol. The molecule has 0 amide bonds. The second kappa shape index (κ2) is 9.00. The van der Waals surface area contributed by atoms with Crippen LogP contribution >= 0.6 is 0 Å². The van der Waals surface area contributed by atoms with Crippen LogP contribution < -0.4 is 4.72 Å². The lowest BCUT2D eigenvalue weighted by molar-refractivity contribution is 0.185. The number of aryl methyl sites for hydroxylation is 1. The van der Waals surface area contributed by atoms with E-state index < -0.39 is 10.0 Å². The Balaban J connectivity index is 1.56. The normalized spacial score (nSPS) is 16.5. The van der Waals surface area contributed by atoms with Gasteiger partial charge in [-0.25, -0.2) is 13.1 Å². The van der Waals surface area contributed by atoms with Gasteiger partial charge in [0, 0.05) is 13.1 Å². The summed E-state index contributed by atoms with van der Waals surface area (Å²) in [4.78, 5) is 2.49. The van der Waals surface area contributed by atoms with Gasteiger partial charge in [-0.3, -0.25) is 4.90 Å². The lowest BCUT2D eigenvalue weighted by Crippen LogP contribution is -2.32. The first-order chi connectivity index (χ1) is 12.9. The number of rotatable bonds is 7. The van der Waals surface area contributed by atoms with E-state index in [-0.39, 0.29) is 5.75 Å². The highest BCUT2D eigenvalue weighted by Crippen LogP contribution is 2.18. The number of likely N-dealkylation sites (tertiary alicyclic amines) is 1. The van der Waals surface area contributed by atoms with Crippen molar-refractivity contribution in [2.45, 2.75) is 45.5 Å². The van der Waals surface area contributed by atoms with Crippen molar-refractivity contribution in [3.8, 4) is 0 Å². The lowest BCUT2D eigenvalue weighted by atomic mass is 9.98. The molecule has 4 nitrogen and oxygen atoms in total. The van der Waals surface area contributed by atoms with E-state index in [1.165, 1.54) is 18.4 Å². The van der Waals surface area contributed by atoms with E-state index >= 15 is 0 Å². The summed E-state index contributed by atoms with van der Waals surface area (Å²) in [5, 5.41) is 0. The average Bonchev–Trinajstić information content (AvgIpc) is 2.62. The Hall–Kier alpha value is -1.69. The maximum atomic E-state index is 12.4. The first kappa shape index (κ1) is 20.1. The van der Waals surface area contributed by atoms with Crippen LogP contribution in [0.2, 0.25) is 0 Å². The molecule has 3 rings (SSSR count). The molecule has 2 aromatic rings. The van der Waals surface area contributed by atoms with Crippen LogP contribution in [-0.4, -0.2) is 26.4 Å². The molecule has 146 valence electrons. The fourth-order valence-electron chi connectivity index (χ4n) is 3.58. The third-order valence-electron chi connectivity index (χ3n) is 5.21. The minimum atomic E-state index is -3.36. The summed E-state index contributed by atoms with van der Waals surface area (Å²) in [6.07, 6.45) is 2.52. The number of hydrogen-bond donors (Lipinski definition) is 1. The van der Waals surface area contributed by atoms with Crippen molar-refractivity contribution in [1.29, 1.82) is 0 Å². The zero-order valence-corrected chi connectivity index (χ0v) is 17.1. The van der Waals surface area contributed by atoms with Gasteiger partial charge in [-0.2, -0.15) is 0 Å². The van der Waals surface area contributed by atoms with Gasteiger partial charge in [0.2, 0.25) is 10.0 Å². The van der Waals surface area contributed by atoms with Gasteiger partial charge >= 0.3 is 0 Å². The molecule has 0 unspecified atom stereocenters. The molecule has 0 radical (unpaired) electrons. The predicted molar refractivity (Wildman–Crippen MR) is 111 cm³/mol. The summed E-state index contributed by atoms with van der Waals surface area (Å²) < 4.78 is 27.5. The van der Waals surface area contributed by atoms with Crippen LogP contribution in [0.5, 0.6) is 0 Å². The maximum Gasteiger partial charge on any atom is 0.216 e. The molecule has 0 aromatic heterocycles. The highest BCUT2D eigenvalue weighted by Gasteiger charge is 2.16. The van der Waals surface area contributed by atoms with Gasteiger partial charge < -0.3 is 0 Å². The molecule has 1 N–H and O–H groups in total. The van der Waals surface area contributed by atoms with E-state index in [0.29, 0.717) is 6.54 Å². The van der Waals surface area contributed by atoms with Gasteiger partial charge in [0.15, 0.2) is 0 Å². The average molecular weight is 387 g/mol. The van der Waals surface area contributed by atoms with Crippen LogP contribution in [0, 0.1) is 12.8 Å². The van der Waals surface area contributed by atoms with Crippen LogP contribution in [0.1, 0.15) is 42.0 Å². The first-order valence-electron chi connectivity index (χ1n) is 9.73. The molecule has 0 saturated carbocycles. The van der Waals surface area contributed by atoms with Crippen LogP contribution in [0.4, 0.5) is 0 Å². The third kappa shape index (κ3) is 6.45. The van der Waals surface area contributed by atoms with Crippen molar-refractivity contribution >= 4 is 10.0 Å². The quantitative estimate of drug-likeness (QED) is 0.786. The van der Waals surface area contributed by atoms with Gasteiger partial charge in [0.05, 0.1) is 5.75 Å². The van der Waals surface area contributed by atoms with Gasteiger partial charge in [-0.05, 0) is 55.5 Å². The summed E-state index contributed by atoms with van der Waals surface area (Å²) in [6, 6.07) is 15.9. The lowest BCUT2D eigenvalue weighted by Gasteiger charge is -2.30. The van der Waals surface area contributed by atoms with Crippen molar-refractivity contribution in [3.05, 3.63) is 70.8 Å². The van der Waals surface area contributed by atoms with E-state index in [1.54, 1.807) is 0 Å². The topological polar surface area (TPSA) is 49.4 Å². The molecule has 0 bridgehead atoms. The molecule has 1 saturated heterocycles. The molecule has 1 fully saturated rings. The van der Waals surface area contributed by atoms with E-state index in [4.69, 9.17) is 0 Å². The van der Waals surface area contributed by atoms with E-state index in [0.717, 1.165) is 42.2 Å². The van der Waals surface area contributed by atoms with Crippen molar-refractivity contribution in [2.75, 3.05) is 13.1 Å². The van der Waals surface area contributed by atoms with Crippen molar-refractivity contribution < 1.29 is 8.42 Å². The summed E-state index contributed by atoms with van der Waals surface area (Å²) in [7, 11) is -3.36. The number of nitrogens with zero attached hydrogens (tertiary/aromatic N) is 1. The van der Waals surface area contributed by atoms with Gasteiger partial charge in [-0.1, -0.05) is 61.0 Å². The molecule has 27 heavy (non-hydrogen) atoms. The number of sulfonamides is 1. The van der Waals surface area contributed by atoms with Crippen molar-refractivity contribution in [2.24, 2.45) is 5.92 Å². The molecule has 1 heterocycles. The highest BCUT2D eigenvalue weighted by molar-refractivity contribution is 7.88. The third-order valence-corrected chi connectivity index (χ3v) is 6.51. The zero-order valence-electron chi connectivity index (χ0n) is 16.3. The largest absolute Gasteiger partial charge is 0.299 e. The molecule has 0 spiro atoms. The Morgan fingerprint density at radius 2 is 1.67 bits per heavy atom. The SMILES string of the molecule is Cc1cccc(CS(=O)(=O)NCc2cccc(CN3CCC(C)CC3)c2)c1. The molecule has 1 aliphatic rings.